The molecule has 0 saturated carbocycles. The molecule has 104 valence electrons. The number of piperidine rings is 1. The highest BCUT2D eigenvalue weighted by molar-refractivity contribution is 6.52. The lowest BCUT2D eigenvalue weighted by Crippen LogP contribution is -2.43. The number of urea groups is 1. The van der Waals surface area contributed by atoms with Crippen molar-refractivity contribution in [1.29, 1.82) is 0 Å². The summed E-state index contributed by atoms with van der Waals surface area (Å²) in [6.45, 7) is 1.57. The van der Waals surface area contributed by atoms with E-state index in [1.807, 2.05) is 4.90 Å². The number of anilines is 1. The first-order chi connectivity index (χ1) is 9.66. The summed E-state index contributed by atoms with van der Waals surface area (Å²) >= 11 is 5.82. The molecule has 2 aliphatic heterocycles. The molecule has 5 nitrogen and oxygen atoms in total. The van der Waals surface area contributed by atoms with Gasteiger partial charge in [-0.15, -0.1) is 0 Å². The maximum Gasteiger partial charge on any atom is 0.357 e. The molecular weight excluding hydrogens is 278 g/mol. The number of amidine groups is 1. The van der Waals surface area contributed by atoms with Crippen molar-refractivity contribution >= 4 is 35.1 Å². The molecule has 3 amide bonds. The van der Waals surface area contributed by atoms with E-state index in [-0.39, 0.29) is 11.7 Å². The van der Waals surface area contributed by atoms with Gasteiger partial charge in [-0.3, -0.25) is 4.79 Å². The van der Waals surface area contributed by atoms with Crippen LogP contribution in [0.15, 0.2) is 29.3 Å². The number of amides is 3. The molecule has 1 aromatic carbocycles. The van der Waals surface area contributed by atoms with Crippen LogP contribution in [0, 0.1) is 0 Å². The predicted molar refractivity (Wildman–Crippen MR) is 77.2 cm³/mol. The van der Waals surface area contributed by atoms with E-state index in [1.54, 1.807) is 24.3 Å². The van der Waals surface area contributed by atoms with E-state index < -0.39 is 6.03 Å². The molecule has 1 saturated heterocycles. The Morgan fingerprint density at radius 1 is 1.00 bits per heavy atom. The molecule has 0 N–H and O–H groups in total. The van der Waals surface area contributed by atoms with Gasteiger partial charge >= 0.3 is 11.9 Å². The third-order valence-corrected chi connectivity index (χ3v) is 3.78. The van der Waals surface area contributed by atoms with Crippen LogP contribution >= 0.6 is 11.6 Å². The Morgan fingerprint density at radius 3 is 2.30 bits per heavy atom. The van der Waals surface area contributed by atoms with Gasteiger partial charge in [0.15, 0.2) is 0 Å². The van der Waals surface area contributed by atoms with Crippen molar-refractivity contribution in [1.82, 2.24) is 4.90 Å². The van der Waals surface area contributed by atoms with Gasteiger partial charge in [-0.25, -0.2) is 9.69 Å². The first kappa shape index (κ1) is 13.1. The Kier molecular flexibility index (Phi) is 3.44. The molecule has 0 aliphatic carbocycles. The molecule has 2 aliphatic rings. The quantitative estimate of drug-likeness (QED) is 0.799. The number of carbonyl (C=O) groups excluding carboxylic acids is 2. The van der Waals surface area contributed by atoms with E-state index in [9.17, 15) is 9.59 Å². The molecule has 1 aromatic rings. The molecule has 0 spiro atoms. The van der Waals surface area contributed by atoms with E-state index in [0.717, 1.165) is 37.3 Å². The van der Waals surface area contributed by atoms with Crippen LogP contribution in [-0.4, -0.2) is 35.8 Å². The van der Waals surface area contributed by atoms with Gasteiger partial charge in [0.2, 0.25) is 5.84 Å². The Bertz CT molecular complexity index is 577. The number of aliphatic imine (C=N–C) groups is 1. The summed E-state index contributed by atoms with van der Waals surface area (Å²) in [5, 5.41) is 0.560. The second kappa shape index (κ2) is 5.25. The topological polar surface area (TPSA) is 53.0 Å². The molecule has 6 heteroatoms. The zero-order valence-electron chi connectivity index (χ0n) is 10.9. The van der Waals surface area contributed by atoms with Crippen molar-refractivity contribution in [3.05, 3.63) is 29.3 Å². The fourth-order valence-electron chi connectivity index (χ4n) is 2.50. The van der Waals surface area contributed by atoms with Crippen LogP contribution in [0.4, 0.5) is 10.5 Å². The number of hydrogen-bond acceptors (Lipinski definition) is 3. The molecule has 0 bridgehead atoms. The minimum Gasteiger partial charge on any atom is -0.352 e. The molecule has 0 unspecified atom stereocenters. The summed E-state index contributed by atoms with van der Waals surface area (Å²) in [7, 11) is 0. The number of halogens is 1. The molecule has 0 atom stereocenters. The Labute approximate surface area is 121 Å². The van der Waals surface area contributed by atoms with E-state index in [0.29, 0.717) is 10.7 Å². The number of benzene rings is 1. The number of hydrogen-bond donors (Lipinski definition) is 0. The monoisotopic (exact) mass is 291 g/mol. The average Bonchev–Trinajstić information content (AvgIpc) is 2.76. The zero-order chi connectivity index (χ0) is 14.1. The van der Waals surface area contributed by atoms with E-state index >= 15 is 0 Å². The maximum absolute atomic E-state index is 12.4. The van der Waals surface area contributed by atoms with Gasteiger partial charge in [-0.1, -0.05) is 11.6 Å². The van der Waals surface area contributed by atoms with Gasteiger partial charge in [-0.05, 0) is 43.5 Å². The number of imide groups is 1. The van der Waals surface area contributed by atoms with Crippen molar-refractivity contribution in [2.45, 2.75) is 19.3 Å². The fraction of sp³-hybridized carbons (Fsp3) is 0.357. The van der Waals surface area contributed by atoms with Gasteiger partial charge in [0.25, 0.3) is 0 Å². The fourth-order valence-corrected chi connectivity index (χ4v) is 2.63. The first-order valence-corrected chi connectivity index (χ1v) is 7.02. The largest absolute Gasteiger partial charge is 0.357 e. The van der Waals surface area contributed by atoms with Crippen LogP contribution in [0.5, 0.6) is 0 Å². The summed E-state index contributed by atoms with van der Waals surface area (Å²) in [5.41, 5.74) is 0.500. The highest BCUT2D eigenvalue weighted by Crippen LogP contribution is 2.23. The van der Waals surface area contributed by atoms with Gasteiger partial charge in [-0.2, -0.15) is 4.99 Å². The SMILES string of the molecule is O=C1N=C(N2CCCCC2)C(=O)N1c1ccc(Cl)cc1. The lowest BCUT2D eigenvalue weighted by molar-refractivity contribution is -0.112. The van der Waals surface area contributed by atoms with Crippen molar-refractivity contribution in [3.63, 3.8) is 0 Å². The van der Waals surface area contributed by atoms with Gasteiger partial charge in [0, 0.05) is 18.1 Å². The zero-order valence-corrected chi connectivity index (χ0v) is 11.6. The molecule has 1 fully saturated rings. The lowest BCUT2D eigenvalue weighted by atomic mass is 10.1. The number of likely N-dealkylation sites (tertiary alicyclic amines) is 1. The highest BCUT2D eigenvalue weighted by atomic mass is 35.5. The smallest absolute Gasteiger partial charge is 0.352 e. The molecule has 0 aromatic heterocycles. The molecule has 0 radical (unpaired) electrons. The van der Waals surface area contributed by atoms with Crippen LogP contribution in [0.1, 0.15) is 19.3 Å². The second-order valence-electron chi connectivity index (χ2n) is 4.88. The summed E-state index contributed by atoms with van der Waals surface area (Å²) in [5.74, 6) is -0.0797. The van der Waals surface area contributed by atoms with E-state index in [1.165, 1.54) is 0 Å². The summed E-state index contributed by atoms with van der Waals surface area (Å²) in [6, 6.07) is 6.06. The number of nitrogens with zero attached hydrogens (tertiary/aromatic N) is 3. The third-order valence-electron chi connectivity index (χ3n) is 3.53. The second-order valence-corrected chi connectivity index (χ2v) is 5.32. The summed E-state index contributed by atoms with van der Waals surface area (Å²) < 4.78 is 0. The number of carbonyl (C=O) groups is 2. The molecule has 2 heterocycles. The Hall–Kier alpha value is -1.88. The summed E-state index contributed by atoms with van der Waals surface area (Å²) in [4.78, 5) is 31.3. The minimum atomic E-state index is -0.530. The molecule has 20 heavy (non-hydrogen) atoms. The average molecular weight is 292 g/mol. The van der Waals surface area contributed by atoms with E-state index in [2.05, 4.69) is 4.99 Å². The van der Waals surface area contributed by atoms with Gasteiger partial charge in [0.1, 0.15) is 0 Å². The molecular formula is C14H14ClN3O2. The van der Waals surface area contributed by atoms with Crippen LogP contribution in [0.3, 0.4) is 0 Å². The van der Waals surface area contributed by atoms with E-state index in [4.69, 9.17) is 11.6 Å². The third kappa shape index (κ3) is 2.29. The summed E-state index contributed by atoms with van der Waals surface area (Å²) in [6.07, 6.45) is 3.22. The van der Waals surface area contributed by atoms with Crippen LogP contribution < -0.4 is 4.90 Å². The van der Waals surface area contributed by atoms with Crippen molar-refractivity contribution < 1.29 is 9.59 Å². The normalized spacial score (nSPS) is 19.6. The van der Waals surface area contributed by atoms with Gasteiger partial charge < -0.3 is 4.90 Å². The van der Waals surface area contributed by atoms with Crippen LogP contribution in [0.2, 0.25) is 5.02 Å². The molecule has 3 rings (SSSR count). The first-order valence-electron chi connectivity index (χ1n) is 6.64. The van der Waals surface area contributed by atoms with Crippen LogP contribution in [0.25, 0.3) is 0 Å². The number of rotatable bonds is 1. The lowest BCUT2D eigenvalue weighted by Gasteiger charge is -2.27. The Balaban J connectivity index is 1.84. The van der Waals surface area contributed by atoms with Crippen molar-refractivity contribution in [3.8, 4) is 0 Å². The van der Waals surface area contributed by atoms with Crippen molar-refractivity contribution in [2.75, 3.05) is 18.0 Å². The van der Waals surface area contributed by atoms with Crippen LogP contribution in [-0.2, 0) is 4.79 Å². The Morgan fingerprint density at radius 2 is 1.65 bits per heavy atom. The minimum absolute atomic E-state index is 0.268. The highest BCUT2D eigenvalue weighted by Gasteiger charge is 2.37. The van der Waals surface area contributed by atoms with Crippen molar-refractivity contribution in [2.24, 2.45) is 4.99 Å². The maximum atomic E-state index is 12.4. The standard InChI is InChI=1S/C14H14ClN3O2/c15-10-4-6-11(7-5-10)18-13(19)12(16-14(18)20)17-8-2-1-3-9-17/h4-7H,1-3,8-9H2. The predicted octanol–water partition coefficient (Wildman–Crippen LogP) is 2.69. The van der Waals surface area contributed by atoms with Gasteiger partial charge in [0.05, 0.1) is 5.69 Å².